The summed E-state index contributed by atoms with van der Waals surface area (Å²) in [6.07, 6.45) is 0.152. The first-order chi connectivity index (χ1) is 13.4. The van der Waals surface area contributed by atoms with E-state index in [1.807, 2.05) is 11.8 Å². The number of likely N-dealkylation sites (N-methyl/N-ethyl adjacent to an activating group) is 1. The summed E-state index contributed by atoms with van der Waals surface area (Å²) in [6, 6.07) is 11.5. The van der Waals surface area contributed by atoms with E-state index in [4.69, 9.17) is 4.74 Å². The zero-order chi connectivity index (χ0) is 20.5. The Hall–Kier alpha value is -2.45. The average Bonchev–Trinajstić information content (AvgIpc) is 2.68. The van der Waals surface area contributed by atoms with E-state index in [0.29, 0.717) is 29.0 Å². The van der Waals surface area contributed by atoms with Gasteiger partial charge in [0.15, 0.2) is 0 Å². The summed E-state index contributed by atoms with van der Waals surface area (Å²) < 4.78 is 19.5. The highest BCUT2D eigenvalue weighted by atomic mass is 79.9. The van der Waals surface area contributed by atoms with Crippen LogP contribution in [0.4, 0.5) is 15.8 Å². The van der Waals surface area contributed by atoms with Gasteiger partial charge in [-0.1, -0.05) is 22.9 Å². The Morgan fingerprint density at radius 3 is 2.43 bits per heavy atom. The molecule has 6 nitrogen and oxygen atoms in total. The van der Waals surface area contributed by atoms with Crippen LogP contribution in [-0.2, 0) is 9.59 Å². The number of benzene rings is 2. The summed E-state index contributed by atoms with van der Waals surface area (Å²) in [5.74, 6) is -0.281. The molecule has 150 valence electrons. The van der Waals surface area contributed by atoms with Crippen molar-refractivity contribution in [2.45, 2.75) is 13.3 Å². The molecule has 0 spiro atoms. The fraction of sp³-hybridized carbons (Fsp3) is 0.300. The largest absolute Gasteiger partial charge is 0.497 e. The highest BCUT2D eigenvalue weighted by Crippen LogP contribution is 2.19. The van der Waals surface area contributed by atoms with Gasteiger partial charge in [-0.3, -0.25) is 14.5 Å². The second kappa shape index (κ2) is 10.8. The number of ether oxygens (including phenoxy) is 1. The van der Waals surface area contributed by atoms with Crippen LogP contribution in [0.1, 0.15) is 13.3 Å². The Bertz CT molecular complexity index is 815. The molecule has 0 aliphatic heterocycles. The Kier molecular flexibility index (Phi) is 8.41. The number of anilines is 2. The van der Waals surface area contributed by atoms with Gasteiger partial charge in [0.1, 0.15) is 11.6 Å². The molecule has 0 atom stereocenters. The maximum absolute atomic E-state index is 13.8. The normalized spacial score (nSPS) is 10.6. The van der Waals surface area contributed by atoms with Gasteiger partial charge in [-0.25, -0.2) is 4.39 Å². The lowest BCUT2D eigenvalue weighted by Gasteiger charge is -2.19. The minimum atomic E-state index is -0.506. The number of hydrogen-bond donors (Lipinski definition) is 2. The van der Waals surface area contributed by atoms with Crippen molar-refractivity contribution in [1.29, 1.82) is 0 Å². The SMILES string of the molecule is CCN(CCC(=O)Nc1ccc(Br)cc1F)CC(=O)Nc1ccc(OC)cc1. The monoisotopic (exact) mass is 451 g/mol. The van der Waals surface area contributed by atoms with E-state index in [2.05, 4.69) is 26.6 Å². The second-order valence-electron chi connectivity index (χ2n) is 6.07. The van der Waals surface area contributed by atoms with Gasteiger partial charge in [0, 0.05) is 23.1 Å². The Morgan fingerprint density at radius 2 is 1.82 bits per heavy atom. The van der Waals surface area contributed by atoms with Gasteiger partial charge >= 0.3 is 0 Å². The highest BCUT2D eigenvalue weighted by Gasteiger charge is 2.13. The third-order valence-corrected chi connectivity index (χ3v) is 4.54. The molecule has 0 aliphatic carbocycles. The summed E-state index contributed by atoms with van der Waals surface area (Å²) in [5.41, 5.74) is 0.804. The number of carbonyl (C=O) groups is 2. The number of amides is 2. The fourth-order valence-electron chi connectivity index (χ4n) is 2.49. The molecule has 2 rings (SSSR count). The van der Waals surface area contributed by atoms with Crippen molar-refractivity contribution in [3.63, 3.8) is 0 Å². The number of rotatable bonds is 9. The van der Waals surface area contributed by atoms with E-state index < -0.39 is 5.82 Å². The summed E-state index contributed by atoms with van der Waals surface area (Å²) in [5, 5.41) is 5.35. The fourth-order valence-corrected chi connectivity index (χ4v) is 2.82. The zero-order valence-electron chi connectivity index (χ0n) is 15.8. The molecular weight excluding hydrogens is 429 g/mol. The first-order valence-electron chi connectivity index (χ1n) is 8.82. The number of nitrogens with zero attached hydrogens (tertiary/aromatic N) is 1. The molecule has 8 heteroatoms. The van der Waals surface area contributed by atoms with Crippen LogP contribution in [0.5, 0.6) is 5.75 Å². The van der Waals surface area contributed by atoms with E-state index in [-0.39, 0.29) is 30.5 Å². The maximum Gasteiger partial charge on any atom is 0.238 e. The van der Waals surface area contributed by atoms with Crippen LogP contribution in [-0.4, -0.2) is 43.5 Å². The number of hydrogen-bond acceptors (Lipinski definition) is 4. The van der Waals surface area contributed by atoms with Crippen molar-refractivity contribution in [1.82, 2.24) is 4.90 Å². The summed E-state index contributed by atoms with van der Waals surface area (Å²) >= 11 is 3.17. The van der Waals surface area contributed by atoms with Gasteiger partial charge in [-0.05, 0) is 49.0 Å². The molecule has 0 saturated carbocycles. The average molecular weight is 452 g/mol. The molecule has 2 N–H and O–H groups in total. The lowest BCUT2D eigenvalue weighted by molar-refractivity contribution is -0.119. The zero-order valence-corrected chi connectivity index (χ0v) is 17.4. The smallest absolute Gasteiger partial charge is 0.238 e. The number of methoxy groups -OCH3 is 1. The van der Waals surface area contributed by atoms with Crippen molar-refractivity contribution >= 4 is 39.1 Å². The lowest BCUT2D eigenvalue weighted by atomic mass is 10.2. The third kappa shape index (κ3) is 6.94. The Labute approximate surface area is 172 Å². The number of halogens is 2. The standard InChI is InChI=1S/C20H23BrFN3O3/c1-3-25(13-20(27)23-15-5-7-16(28-2)8-6-15)11-10-19(26)24-18-9-4-14(21)12-17(18)22/h4-9,12H,3,10-11,13H2,1-2H3,(H,23,27)(H,24,26). The molecule has 0 saturated heterocycles. The maximum atomic E-state index is 13.8. The van der Waals surface area contributed by atoms with Crippen LogP contribution < -0.4 is 15.4 Å². The molecule has 0 radical (unpaired) electrons. The minimum absolute atomic E-state index is 0.133. The van der Waals surface area contributed by atoms with E-state index in [0.717, 1.165) is 0 Å². The molecule has 0 aliphatic rings. The van der Waals surface area contributed by atoms with E-state index >= 15 is 0 Å². The molecule has 2 aromatic carbocycles. The molecule has 0 fully saturated rings. The first-order valence-corrected chi connectivity index (χ1v) is 9.61. The molecular formula is C20H23BrFN3O3. The van der Waals surface area contributed by atoms with Gasteiger partial charge in [-0.15, -0.1) is 0 Å². The van der Waals surface area contributed by atoms with Crippen LogP contribution in [0.25, 0.3) is 0 Å². The van der Waals surface area contributed by atoms with Crippen LogP contribution in [0.3, 0.4) is 0 Å². The first kappa shape index (κ1) is 21.8. The molecule has 2 amide bonds. The van der Waals surface area contributed by atoms with Crippen LogP contribution in [0.15, 0.2) is 46.9 Å². The number of nitrogens with one attached hydrogen (secondary N) is 2. The molecule has 0 heterocycles. The minimum Gasteiger partial charge on any atom is -0.497 e. The van der Waals surface area contributed by atoms with Crippen molar-refractivity contribution < 1.29 is 18.7 Å². The van der Waals surface area contributed by atoms with Gasteiger partial charge in [0.25, 0.3) is 0 Å². The van der Waals surface area contributed by atoms with Crippen molar-refractivity contribution in [2.75, 3.05) is 37.4 Å². The summed E-state index contributed by atoms with van der Waals surface area (Å²) in [6.45, 7) is 3.06. The van der Waals surface area contributed by atoms with Gasteiger partial charge in [0.05, 0.1) is 19.3 Å². The summed E-state index contributed by atoms with van der Waals surface area (Å²) in [7, 11) is 1.58. The third-order valence-electron chi connectivity index (χ3n) is 4.05. The number of carbonyl (C=O) groups excluding carboxylic acids is 2. The van der Waals surface area contributed by atoms with Gasteiger partial charge in [-0.2, -0.15) is 0 Å². The van der Waals surface area contributed by atoms with Crippen LogP contribution in [0, 0.1) is 5.82 Å². The summed E-state index contributed by atoms with van der Waals surface area (Å²) in [4.78, 5) is 26.1. The van der Waals surface area contributed by atoms with Gasteiger partial charge in [0.2, 0.25) is 11.8 Å². The van der Waals surface area contributed by atoms with Crippen LogP contribution in [0.2, 0.25) is 0 Å². The van der Waals surface area contributed by atoms with Crippen molar-refractivity contribution in [2.24, 2.45) is 0 Å². The van der Waals surface area contributed by atoms with E-state index in [1.54, 1.807) is 37.4 Å². The molecule has 28 heavy (non-hydrogen) atoms. The van der Waals surface area contributed by atoms with Crippen molar-refractivity contribution in [3.8, 4) is 5.75 Å². The van der Waals surface area contributed by atoms with Crippen LogP contribution >= 0.6 is 15.9 Å². The quantitative estimate of drug-likeness (QED) is 0.606. The molecule has 0 unspecified atom stereocenters. The Morgan fingerprint density at radius 1 is 1.11 bits per heavy atom. The highest BCUT2D eigenvalue weighted by molar-refractivity contribution is 9.10. The Balaban J connectivity index is 1.80. The molecule has 0 bridgehead atoms. The molecule has 0 aromatic heterocycles. The van der Waals surface area contributed by atoms with Crippen molar-refractivity contribution in [3.05, 3.63) is 52.8 Å². The predicted octanol–water partition coefficient (Wildman–Crippen LogP) is 3.89. The molecule has 2 aromatic rings. The lowest BCUT2D eigenvalue weighted by Crippen LogP contribution is -2.35. The second-order valence-corrected chi connectivity index (χ2v) is 6.98. The van der Waals surface area contributed by atoms with Gasteiger partial charge < -0.3 is 15.4 Å². The van der Waals surface area contributed by atoms with E-state index in [1.165, 1.54) is 12.1 Å². The van der Waals surface area contributed by atoms with E-state index in [9.17, 15) is 14.0 Å². The topological polar surface area (TPSA) is 70.7 Å². The predicted molar refractivity (Wildman–Crippen MR) is 111 cm³/mol.